The number of rotatable bonds is 4. The minimum atomic E-state index is -0.0221. The predicted molar refractivity (Wildman–Crippen MR) is 87.2 cm³/mol. The Morgan fingerprint density at radius 1 is 1.29 bits per heavy atom. The lowest BCUT2D eigenvalue weighted by atomic mass is 9.80. The summed E-state index contributed by atoms with van der Waals surface area (Å²) >= 11 is 1.75. The summed E-state index contributed by atoms with van der Waals surface area (Å²) in [6.07, 6.45) is 5.28. The molecule has 1 heterocycles. The second-order valence-corrected chi connectivity index (χ2v) is 7.16. The molecule has 3 nitrogen and oxygen atoms in total. The fourth-order valence-corrected chi connectivity index (χ4v) is 3.87. The Hall–Kier alpha value is -1.00. The maximum atomic E-state index is 12.6. The fraction of sp³-hybridized carbons (Fsp3) is 0.588. The van der Waals surface area contributed by atoms with E-state index < -0.39 is 0 Å². The number of benzene rings is 1. The first-order valence-electron chi connectivity index (χ1n) is 7.86. The Kier molecular flexibility index (Phi) is 4.27. The van der Waals surface area contributed by atoms with E-state index in [1.807, 2.05) is 0 Å². The number of nitrogens with one attached hydrogen (secondary N) is 1. The lowest BCUT2D eigenvalue weighted by Crippen LogP contribution is -2.47. The number of thioether (sulfide) groups is 1. The zero-order valence-corrected chi connectivity index (χ0v) is 13.8. The molecule has 1 aliphatic carbocycles. The molecule has 1 saturated heterocycles. The van der Waals surface area contributed by atoms with Crippen molar-refractivity contribution in [2.75, 3.05) is 6.26 Å². The maximum Gasteiger partial charge on any atom is 0.241 e. The van der Waals surface area contributed by atoms with E-state index in [1.54, 1.807) is 11.8 Å². The largest absolute Gasteiger partial charge is 0.319 e. The van der Waals surface area contributed by atoms with E-state index in [0.717, 1.165) is 25.2 Å². The molecule has 1 aliphatic heterocycles. The van der Waals surface area contributed by atoms with Crippen LogP contribution in [0.25, 0.3) is 0 Å². The molecule has 4 heteroatoms. The minimum absolute atomic E-state index is 0.0221. The molecule has 114 valence electrons. The van der Waals surface area contributed by atoms with Crippen molar-refractivity contribution in [1.29, 1.82) is 0 Å². The Balaban J connectivity index is 1.84. The highest BCUT2D eigenvalue weighted by Crippen LogP contribution is 2.39. The van der Waals surface area contributed by atoms with Crippen LogP contribution in [0.5, 0.6) is 0 Å². The normalized spacial score (nSPS) is 32.3. The van der Waals surface area contributed by atoms with Gasteiger partial charge in [-0.15, -0.1) is 11.8 Å². The van der Waals surface area contributed by atoms with Crippen LogP contribution < -0.4 is 5.32 Å². The van der Waals surface area contributed by atoms with Crippen LogP contribution in [0.4, 0.5) is 0 Å². The summed E-state index contributed by atoms with van der Waals surface area (Å²) in [5, 5.41) is 3.53. The number of hydrogen-bond donors (Lipinski definition) is 1. The molecule has 2 aliphatic rings. The quantitative estimate of drug-likeness (QED) is 0.865. The molecule has 2 fully saturated rings. The number of carbonyl (C=O) groups is 1. The van der Waals surface area contributed by atoms with Gasteiger partial charge in [-0.25, -0.2) is 0 Å². The molecule has 2 atom stereocenters. The molecule has 0 spiro atoms. The van der Waals surface area contributed by atoms with E-state index in [4.69, 9.17) is 0 Å². The molecule has 1 aromatic rings. The van der Waals surface area contributed by atoms with E-state index in [1.165, 1.54) is 10.5 Å². The average Bonchev–Trinajstić information content (AvgIpc) is 2.80. The molecular formula is C17H24N2OS. The monoisotopic (exact) mass is 304 g/mol. The predicted octanol–water partition coefficient (Wildman–Crippen LogP) is 3.42. The molecule has 2 unspecified atom stereocenters. The van der Waals surface area contributed by atoms with Crippen LogP contribution in [0.2, 0.25) is 0 Å². The fourth-order valence-electron chi connectivity index (χ4n) is 3.46. The van der Waals surface area contributed by atoms with Gasteiger partial charge in [0.05, 0.1) is 6.04 Å². The third-order valence-corrected chi connectivity index (χ3v) is 5.52. The molecular weight excluding hydrogens is 280 g/mol. The van der Waals surface area contributed by atoms with Crippen molar-refractivity contribution in [2.24, 2.45) is 5.92 Å². The number of nitrogens with zero attached hydrogens (tertiary/aromatic N) is 1. The van der Waals surface area contributed by atoms with Crippen LogP contribution in [0.3, 0.4) is 0 Å². The summed E-state index contributed by atoms with van der Waals surface area (Å²) in [5.74, 6) is 1.04. The summed E-state index contributed by atoms with van der Waals surface area (Å²) in [5.41, 5.74) is 1.21. The molecule has 0 bridgehead atoms. The van der Waals surface area contributed by atoms with Gasteiger partial charge < -0.3 is 4.90 Å². The molecule has 1 saturated carbocycles. The molecule has 1 aromatic carbocycles. The third-order valence-electron chi connectivity index (χ3n) is 4.77. The Morgan fingerprint density at radius 2 is 1.95 bits per heavy atom. The van der Waals surface area contributed by atoms with Gasteiger partial charge in [0.1, 0.15) is 6.17 Å². The Morgan fingerprint density at radius 3 is 2.48 bits per heavy atom. The molecule has 1 N–H and O–H groups in total. The van der Waals surface area contributed by atoms with E-state index in [-0.39, 0.29) is 18.1 Å². The van der Waals surface area contributed by atoms with Crippen molar-refractivity contribution in [1.82, 2.24) is 10.2 Å². The van der Waals surface area contributed by atoms with E-state index in [9.17, 15) is 4.79 Å². The Bertz CT molecular complexity index is 510. The second kappa shape index (κ2) is 6.01. The van der Waals surface area contributed by atoms with Crippen molar-refractivity contribution >= 4 is 17.7 Å². The minimum Gasteiger partial charge on any atom is -0.319 e. The van der Waals surface area contributed by atoms with Gasteiger partial charge >= 0.3 is 0 Å². The SMILES string of the molecule is CCC1NC(c2ccc(SC)cc2)N(C2CC(C)C2)C1=O. The smallest absolute Gasteiger partial charge is 0.241 e. The molecule has 21 heavy (non-hydrogen) atoms. The zero-order valence-electron chi connectivity index (χ0n) is 13.0. The van der Waals surface area contributed by atoms with E-state index in [0.29, 0.717) is 6.04 Å². The van der Waals surface area contributed by atoms with Crippen molar-refractivity contribution < 1.29 is 4.79 Å². The van der Waals surface area contributed by atoms with Crippen LogP contribution in [0.1, 0.15) is 44.8 Å². The summed E-state index contributed by atoms with van der Waals surface area (Å²) in [4.78, 5) is 16.0. The van der Waals surface area contributed by atoms with Gasteiger partial charge in [0.2, 0.25) is 5.91 Å². The summed E-state index contributed by atoms with van der Waals surface area (Å²) < 4.78 is 0. The van der Waals surface area contributed by atoms with Gasteiger partial charge in [0.15, 0.2) is 0 Å². The summed E-state index contributed by atoms with van der Waals surface area (Å²) in [6, 6.07) is 9.00. The van der Waals surface area contributed by atoms with Gasteiger partial charge in [-0.1, -0.05) is 26.0 Å². The highest BCUT2D eigenvalue weighted by molar-refractivity contribution is 7.98. The Labute approximate surface area is 131 Å². The molecule has 0 radical (unpaired) electrons. The van der Waals surface area contributed by atoms with E-state index >= 15 is 0 Å². The maximum absolute atomic E-state index is 12.6. The topological polar surface area (TPSA) is 32.3 Å². The van der Waals surface area contributed by atoms with Crippen molar-refractivity contribution in [3.63, 3.8) is 0 Å². The summed E-state index contributed by atoms with van der Waals surface area (Å²) in [6.45, 7) is 4.35. The van der Waals surface area contributed by atoms with Crippen LogP contribution in [0, 0.1) is 5.92 Å². The highest BCUT2D eigenvalue weighted by atomic mass is 32.2. The zero-order chi connectivity index (χ0) is 15.0. The first kappa shape index (κ1) is 14.9. The third kappa shape index (κ3) is 2.71. The van der Waals surface area contributed by atoms with Crippen LogP contribution in [-0.2, 0) is 4.79 Å². The lowest BCUT2D eigenvalue weighted by molar-refractivity contribution is -0.135. The molecule has 0 aromatic heterocycles. The lowest BCUT2D eigenvalue weighted by Gasteiger charge is -2.42. The van der Waals surface area contributed by atoms with Crippen molar-refractivity contribution in [3.8, 4) is 0 Å². The van der Waals surface area contributed by atoms with E-state index in [2.05, 4.69) is 54.6 Å². The van der Waals surface area contributed by atoms with Crippen LogP contribution in [0.15, 0.2) is 29.2 Å². The number of amides is 1. The highest BCUT2D eigenvalue weighted by Gasteiger charge is 2.45. The molecule has 1 amide bonds. The van der Waals surface area contributed by atoms with Crippen LogP contribution in [-0.4, -0.2) is 29.1 Å². The first-order valence-corrected chi connectivity index (χ1v) is 9.08. The van der Waals surface area contributed by atoms with Gasteiger partial charge in [-0.3, -0.25) is 10.1 Å². The second-order valence-electron chi connectivity index (χ2n) is 6.28. The average molecular weight is 304 g/mol. The van der Waals surface area contributed by atoms with Crippen molar-refractivity contribution in [2.45, 2.75) is 56.3 Å². The van der Waals surface area contributed by atoms with Gasteiger partial charge in [0, 0.05) is 10.9 Å². The van der Waals surface area contributed by atoms with Crippen LogP contribution >= 0.6 is 11.8 Å². The number of carbonyl (C=O) groups excluding carboxylic acids is 1. The number of hydrogen-bond acceptors (Lipinski definition) is 3. The first-order chi connectivity index (χ1) is 10.1. The molecule has 3 rings (SSSR count). The summed E-state index contributed by atoms with van der Waals surface area (Å²) in [7, 11) is 0. The van der Waals surface area contributed by atoms with Gasteiger partial charge in [-0.05, 0) is 49.1 Å². The van der Waals surface area contributed by atoms with Crippen molar-refractivity contribution in [3.05, 3.63) is 29.8 Å². The van der Waals surface area contributed by atoms with Gasteiger partial charge in [0.25, 0.3) is 0 Å². The standard InChI is InChI=1S/C17H24N2OS/c1-4-15-17(20)19(13-9-11(2)10-13)16(18-15)12-5-7-14(21-3)8-6-12/h5-8,11,13,15-16,18H,4,9-10H2,1-3H3. The van der Waals surface area contributed by atoms with Gasteiger partial charge in [-0.2, -0.15) is 0 Å².